The summed E-state index contributed by atoms with van der Waals surface area (Å²) in [5.41, 5.74) is 0. The second-order valence-electron chi connectivity index (χ2n) is 6.03. The van der Waals surface area contributed by atoms with E-state index in [-0.39, 0.29) is 42.9 Å². The van der Waals surface area contributed by atoms with Gasteiger partial charge >= 0.3 is 0 Å². The van der Waals surface area contributed by atoms with E-state index in [1.807, 2.05) is 17.3 Å². The third kappa shape index (κ3) is 4.38. The number of aliphatic hydroxyl groups is 1. The molecule has 6 nitrogen and oxygen atoms in total. The van der Waals surface area contributed by atoms with Crippen molar-refractivity contribution in [3.8, 4) is 0 Å². The van der Waals surface area contributed by atoms with Crippen LogP contribution in [-0.2, 0) is 11.2 Å². The van der Waals surface area contributed by atoms with Crippen molar-refractivity contribution in [3.63, 3.8) is 0 Å². The van der Waals surface area contributed by atoms with E-state index in [0.29, 0.717) is 19.0 Å². The average molecular weight is 365 g/mol. The van der Waals surface area contributed by atoms with Crippen LogP contribution in [0.2, 0.25) is 0 Å². The molecule has 8 heteroatoms. The van der Waals surface area contributed by atoms with Gasteiger partial charge in [-0.05, 0) is 19.3 Å². The van der Waals surface area contributed by atoms with Gasteiger partial charge in [0.2, 0.25) is 5.91 Å². The van der Waals surface area contributed by atoms with Crippen LogP contribution in [0.3, 0.4) is 0 Å². The number of likely N-dealkylation sites (tertiary alicyclic amines) is 1. The monoisotopic (exact) mass is 364 g/mol. The maximum absolute atomic E-state index is 12.5. The van der Waals surface area contributed by atoms with Gasteiger partial charge in [0.15, 0.2) is 0 Å². The van der Waals surface area contributed by atoms with Crippen LogP contribution in [0.4, 0.5) is 0 Å². The van der Waals surface area contributed by atoms with Gasteiger partial charge < -0.3 is 19.9 Å². The minimum Gasteiger partial charge on any atom is -0.392 e. The molecule has 3 heterocycles. The van der Waals surface area contributed by atoms with E-state index in [2.05, 4.69) is 21.8 Å². The lowest BCUT2D eigenvalue weighted by Crippen LogP contribution is -2.48. The fraction of sp³-hybridized carbons (Fsp3) is 0.733. The Morgan fingerprint density at radius 1 is 1.48 bits per heavy atom. The van der Waals surface area contributed by atoms with Crippen molar-refractivity contribution in [2.24, 2.45) is 0 Å². The largest absolute Gasteiger partial charge is 0.392 e. The number of nitrogens with one attached hydrogen (secondary N) is 1. The van der Waals surface area contributed by atoms with Crippen molar-refractivity contribution in [3.05, 3.63) is 18.2 Å². The van der Waals surface area contributed by atoms with Gasteiger partial charge in [-0.25, -0.2) is 4.98 Å². The molecule has 0 spiro atoms. The summed E-state index contributed by atoms with van der Waals surface area (Å²) in [6, 6.07) is 0.110. The Hall–Kier alpha value is -0.820. The lowest BCUT2D eigenvalue weighted by Gasteiger charge is -2.35. The van der Waals surface area contributed by atoms with Crippen molar-refractivity contribution in [1.82, 2.24) is 19.8 Å². The van der Waals surface area contributed by atoms with Gasteiger partial charge in [-0.2, -0.15) is 0 Å². The van der Waals surface area contributed by atoms with E-state index in [4.69, 9.17) is 0 Å². The topological polar surface area (TPSA) is 70.4 Å². The van der Waals surface area contributed by atoms with E-state index >= 15 is 0 Å². The van der Waals surface area contributed by atoms with Crippen molar-refractivity contribution in [2.45, 2.75) is 50.8 Å². The SMILES string of the molecule is CCc1nccn1C1CCCN(C(=O)C2CC(O)CN2)C1.Cl.Cl. The molecule has 1 aromatic heterocycles. The second-order valence-corrected chi connectivity index (χ2v) is 6.03. The Labute approximate surface area is 149 Å². The van der Waals surface area contributed by atoms with Crippen LogP contribution >= 0.6 is 24.8 Å². The van der Waals surface area contributed by atoms with Crippen LogP contribution in [-0.4, -0.2) is 57.2 Å². The molecule has 2 N–H and O–H groups in total. The molecule has 2 aliphatic rings. The zero-order chi connectivity index (χ0) is 14.8. The van der Waals surface area contributed by atoms with E-state index < -0.39 is 0 Å². The summed E-state index contributed by atoms with van der Waals surface area (Å²) in [6.07, 6.45) is 7.03. The summed E-state index contributed by atoms with van der Waals surface area (Å²) in [7, 11) is 0. The van der Waals surface area contributed by atoms with Crippen molar-refractivity contribution < 1.29 is 9.90 Å². The summed E-state index contributed by atoms with van der Waals surface area (Å²) in [5.74, 6) is 1.22. The van der Waals surface area contributed by atoms with Gasteiger partial charge in [-0.3, -0.25) is 4.79 Å². The molecule has 23 heavy (non-hydrogen) atoms. The minimum atomic E-state index is -0.389. The first kappa shape index (κ1) is 20.2. The molecule has 0 bridgehead atoms. The van der Waals surface area contributed by atoms with Gasteiger partial charge in [0, 0.05) is 38.4 Å². The predicted octanol–water partition coefficient (Wildman–Crippen LogP) is 1.18. The van der Waals surface area contributed by atoms with Gasteiger partial charge in [-0.15, -0.1) is 24.8 Å². The van der Waals surface area contributed by atoms with E-state index in [1.165, 1.54) is 0 Å². The number of amides is 1. The zero-order valence-electron chi connectivity index (χ0n) is 13.4. The molecule has 1 amide bonds. The summed E-state index contributed by atoms with van der Waals surface area (Å²) >= 11 is 0. The minimum absolute atomic E-state index is 0. The Morgan fingerprint density at radius 3 is 2.91 bits per heavy atom. The number of aliphatic hydroxyl groups excluding tert-OH is 1. The molecule has 3 unspecified atom stereocenters. The predicted molar refractivity (Wildman–Crippen MR) is 93.4 cm³/mol. The van der Waals surface area contributed by atoms with Gasteiger partial charge in [0.1, 0.15) is 5.82 Å². The molecular formula is C15H26Cl2N4O2. The second kappa shape index (κ2) is 8.87. The van der Waals surface area contributed by atoms with Gasteiger partial charge in [0.25, 0.3) is 0 Å². The maximum atomic E-state index is 12.5. The number of nitrogens with zero attached hydrogens (tertiary/aromatic N) is 3. The summed E-state index contributed by atoms with van der Waals surface area (Å²) in [4.78, 5) is 18.9. The van der Waals surface area contributed by atoms with E-state index in [9.17, 15) is 9.90 Å². The smallest absolute Gasteiger partial charge is 0.239 e. The number of rotatable bonds is 3. The molecule has 132 valence electrons. The number of aromatic nitrogens is 2. The Morgan fingerprint density at radius 2 is 2.26 bits per heavy atom. The number of piperidine rings is 1. The van der Waals surface area contributed by atoms with Crippen LogP contribution in [0.25, 0.3) is 0 Å². The molecule has 2 saturated heterocycles. The lowest BCUT2D eigenvalue weighted by molar-refractivity contribution is -0.134. The molecule has 2 aliphatic heterocycles. The van der Waals surface area contributed by atoms with Crippen LogP contribution in [0.1, 0.15) is 38.1 Å². The van der Waals surface area contributed by atoms with E-state index in [0.717, 1.165) is 38.2 Å². The molecule has 2 fully saturated rings. The molecule has 0 aliphatic carbocycles. The van der Waals surface area contributed by atoms with Crippen LogP contribution in [0, 0.1) is 0 Å². The number of halogens is 2. The van der Waals surface area contributed by atoms with Crippen LogP contribution in [0.15, 0.2) is 12.4 Å². The third-order valence-corrected chi connectivity index (χ3v) is 4.57. The van der Waals surface area contributed by atoms with E-state index in [1.54, 1.807) is 0 Å². The first-order chi connectivity index (χ1) is 10.2. The first-order valence-corrected chi connectivity index (χ1v) is 7.91. The van der Waals surface area contributed by atoms with Gasteiger partial charge in [-0.1, -0.05) is 6.92 Å². The number of hydrogen-bond donors (Lipinski definition) is 2. The van der Waals surface area contributed by atoms with Crippen LogP contribution in [0.5, 0.6) is 0 Å². The van der Waals surface area contributed by atoms with Crippen molar-refractivity contribution in [2.75, 3.05) is 19.6 Å². The summed E-state index contributed by atoms with van der Waals surface area (Å²) < 4.78 is 2.22. The fourth-order valence-electron chi connectivity index (χ4n) is 3.46. The van der Waals surface area contributed by atoms with Crippen LogP contribution < -0.4 is 5.32 Å². The molecule has 0 saturated carbocycles. The highest BCUT2D eigenvalue weighted by Gasteiger charge is 2.34. The van der Waals surface area contributed by atoms with Crippen molar-refractivity contribution in [1.29, 1.82) is 0 Å². The average Bonchev–Trinajstić information content (AvgIpc) is 3.15. The molecule has 3 rings (SSSR count). The Balaban J connectivity index is 0.00000132. The lowest BCUT2D eigenvalue weighted by atomic mass is 10.0. The standard InChI is InChI=1S/C15H24N4O2.2ClH/c1-2-14-16-5-7-19(14)11-4-3-6-18(10-11)15(21)13-8-12(20)9-17-13;;/h5,7,11-13,17,20H,2-4,6,8-10H2,1H3;2*1H. The molecular weight excluding hydrogens is 339 g/mol. The maximum Gasteiger partial charge on any atom is 0.239 e. The molecule has 0 radical (unpaired) electrons. The molecule has 0 aromatic carbocycles. The number of imidazole rings is 1. The number of β-amino-alcohol motifs (C(OH)–C–C–N with tert-alkyl or cyclic N) is 1. The zero-order valence-corrected chi connectivity index (χ0v) is 15.0. The Bertz CT molecular complexity index is 511. The summed E-state index contributed by atoms with van der Waals surface area (Å²) in [5, 5.41) is 12.7. The number of aryl methyl sites for hydroxylation is 1. The number of carbonyl (C=O) groups is 1. The third-order valence-electron chi connectivity index (χ3n) is 4.57. The highest BCUT2D eigenvalue weighted by molar-refractivity contribution is 5.85. The number of hydrogen-bond acceptors (Lipinski definition) is 4. The van der Waals surface area contributed by atoms with Gasteiger partial charge in [0.05, 0.1) is 18.2 Å². The normalized spacial score (nSPS) is 27.2. The Kier molecular flexibility index (Phi) is 7.80. The number of carbonyl (C=O) groups excluding carboxylic acids is 1. The molecule has 1 aromatic rings. The highest BCUT2D eigenvalue weighted by atomic mass is 35.5. The van der Waals surface area contributed by atoms with Crippen molar-refractivity contribution >= 4 is 30.7 Å². The quantitative estimate of drug-likeness (QED) is 0.844. The molecule has 3 atom stereocenters. The fourth-order valence-corrected chi connectivity index (χ4v) is 3.46. The summed E-state index contributed by atoms with van der Waals surface area (Å²) in [6.45, 7) is 4.19. The highest BCUT2D eigenvalue weighted by Crippen LogP contribution is 2.24. The first-order valence-electron chi connectivity index (χ1n) is 7.91.